The minimum absolute atomic E-state index is 0.0273. The Bertz CT molecular complexity index is 1250. The normalized spacial score (nSPS) is 22.4. The number of nitrogens with zero attached hydrogens (tertiary/aromatic N) is 4. The van der Waals surface area contributed by atoms with E-state index < -0.39 is 17.9 Å². The van der Waals surface area contributed by atoms with Crippen LogP contribution in [-0.2, 0) is 25.6 Å². The van der Waals surface area contributed by atoms with Gasteiger partial charge in [-0.05, 0) is 42.2 Å². The highest BCUT2D eigenvalue weighted by molar-refractivity contribution is 6.01. The van der Waals surface area contributed by atoms with Gasteiger partial charge in [0.15, 0.2) is 0 Å². The highest BCUT2D eigenvalue weighted by Gasteiger charge is 2.48. The van der Waals surface area contributed by atoms with Gasteiger partial charge in [-0.2, -0.15) is 0 Å². The third kappa shape index (κ3) is 5.72. The molecule has 3 aliphatic heterocycles. The van der Waals surface area contributed by atoms with Gasteiger partial charge < -0.3 is 14.7 Å². The van der Waals surface area contributed by atoms with Gasteiger partial charge in [-0.3, -0.25) is 34.0 Å². The molecule has 1 aromatic heterocycles. The largest absolute Gasteiger partial charge is 0.493 e. The van der Waals surface area contributed by atoms with Crippen molar-refractivity contribution in [2.75, 3.05) is 37.7 Å². The van der Waals surface area contributed by atoms with Gasteiger partial charge in [0.25, 0.3) is 0 Å². The number of ether oxygens (including phenoxy) is 1. The lowest BCUT2D eigenvalue weighted by Gasteiger charge is -2.30. The molecule has 2 fully saturated rings. The van der Waals surface area contributed by atoms with Crippen molar-refractivity contribution < 1.29 is 29.0 Å². The molecule has 0 bridgehead atoms. The van der Waals surface area contributed by atoms with Crippen molar-refractivity contribution >= 4 is 29.4 Å². The Kier molecular flexibility index (Phi) is 8.44. The van der Waals surface area contributed by atoms with Crippen molar-refractivity contribution in [2.45, 2.75) is 57.4 Å². The molecule has 0 saturated carbocycles. The van der Waals surface area contributed by atoms with Crippen LogP contribution in [0, 0.1) is 5.92 Å². The van der Waals surface area contributed by atoms with Crippen molar-refractivity contribution in [1.29, 1.82) is 0 Å². The molecule has 0 spiro atoms. The first-order valence-electron chi connectivity index (χ1n) is 14.1. The lowest BCUT2D eigenvalue weighted by atomic mass is 9.83. The molecule has 0 aliphatic carbocycles. The van der Waals surface area contributed by atoms with Gasteiger partial charge in [0.2, 0.25) is 17.7 Å². The van der Waals surface area contributed by atoms with Crippen LogP contribution in [0.2, 0.25) is 0 Å². The molecule has 1 aromatic carbocycles. The summed E-state index contributed by atoms with van der Waals surface area (Å²) < 4.78 is 5.65. The van der Waals surface area contributed by atoms with E-state index in [1.165, 1.54) is 4.90 Å². The molecule has 5 rings (SSSR count). The SMILES string of the molecule is CCCCN(C(=O)CN1CC(c2ccc3c(c2)CCO3)C(C(=O)O)C1CCN1C(=O)CCC1=O)c1cccnc1. The Morgan fingerprint density at radius 3 is 2.65 bits per heavy atom. The second kappa shape index (κ2) is 12.2. The summed E-state index contributed by atoms with van der Waals surface area (Å²) in [5.74, 6) is -1.86. The van der Waals surface area contributed by atoms with Crippen LogP contribution in [0.15, 0.2) is 42.7 Å². The molecule has 10 nitrogen and oxygen atoms in total. The van der Waals surface area contributed by atoms with Crippen molar-refractivity contribution in [3.05, 3.63) is 53.9 Å². The van der Waals surface area contributed by atoms with E-state index in [0.717, 1.165) is 36.1 Å². The van der Waals surface area contributed by atoms with Crippen LogP contribution in [0.25, 0.3) is 0 Å². The number of unbranched alkanes of at least 4 members (excludes halogenated alkanes) is 1. The fraction of sp³-hybridized carbons (Fsp3) is 0.500. The maximum absolute atomic E-state index is 13.8. The molecule has 4 heterocycles. The Morgan fingerprint density at radius 1 is 1.15 bits per heavy atom. The average molecular weight is 549 g/mol. The van der Waals surface area contributed by atoms with E-state index in [1.807, 2.05) is 29.2 Å². The summed E-state index contributed by atoms with van der Waals surface area (Å²) in [5, 5.41) is 10.5. The Morgan fingerprint density at radius 2 is 1.95 bits per heavy atom. The third-order valence-electron chi connectivity index (χ3n) is 8.31. The van der Waals surface area contributed by atoms with Crippen LogP contribution < -0.4 is 9.64 Å². The summed E-state index contributed by atoms with van der Waals surface area (Å²) in [6.45, 7) is 3.75. The summed E-state index contributed by atoms with van der Waals surface area (Å²) in [6.07, 6.45) is 6.49. The van der Waals surface area contributed by atoms with E-state index in [9.17, 15) is 24.3 Å². The number of carbonyl (C=O) groups is 4. The molecule has 3 amide bonds. The van der Waals surface area contributed by atoms with E-state index in [2.05, 4.69) is 11.9 Å². The Hall–Kier alpha value is -3.79. The molecule has 212 valence electrons. The summed E-state index contributed by atoms with van der Waals surface area (Å²) >= 11 is 0. The number of aliphatic carboxylic acids is 1. The van der Waals surface area contributed by atoms with E-state index in [0.29, 0.717) is 25.4 Å². The van der Waals surface area contributed by atoms with Gasteiger partial charge >= 0.3 is 5.97 Å². The molecule has 1 N–H and O–H groups in total. The van der Waals surface area contributed by atoms with Crippen LogP contribution >= 0.6 is 0 Å². The molecule has 2 aromatic rings. The minimum atomic E-state index is -0.948. The minimum Gasteiger partial charge on any atom is -0.493 e. The zero-order valence-electron chi connectivity index (χ0n) is 22.8. The standard InChI is InChI=1S/C30H36N4O6/c1-2-3-13-33(22-5-4-12-31-17-22)28(37)19-32-18-23(20-6-7-25-21(16-20)11-15-40-25)29(30(38)39)24(32)10-14-34-26(35)8-9-27(34)36/h4-7,12,16-17,23-24,29H,2-3,8-11,13-15,18-19H2,1H3,(H,38,39). The number of amides is 3. The molecule has 3 unspecified atom stereocenters. The first-order chi connectivity index (χ1) is 19.4. The van der Waals surface area contributed by atoms with Gasteiger partial charge in [-0.25, -0.2) is 0 Å². The van der Waals surface area contributed by atoms with Gasteiger partial charge in [0, 0.05) is 57.1 Å². The first-order valence-corrected chi connectivity index (χ1v) is 14.1. The molecular formula is C30H36N4O6. The van der Waals surface area contributed by atoms with E-state index in [1.54, 1.807) is 23.4 Å². The van der Waals surface area contributed by atoms with Crippen LogP contribution in [-0.4, -0.2) is 82.4 Å². The van der Waals surface area contributed by atoms with Crippen LogP contribution in [0.1, 0.15) is 56.1 Å². The third-order valence-corrected chi connectivity index (χ3v) is 8.31. The van der Waals surface area contributed by atoms with Gasteiger partial charge in [-0.15, -0.1) is 0 Å². The number of carbonyl (C=O) groups excluding carboxylic acids is 3. The van der Waals surface area contributed by atoms with Crippen molar-refractivity contribution in [3.63, 3.8) is 0 Å². The van der Waals surface area contributed by atoms with Crippen molar-refractivity contribution in [2.24, 2.45) is 5.92 Å². The van der Waals surface area contributed by atoms with Gasteiger partial charge in [0.05, 0.1) is 31.0 Å². The molecule has 10 heteroatoms. The number of pyridine rings is 1. The molecule has 0 radical (unpaired) electrons. The predicted molar refractivity (Wildman–Crippen MR) is 147 cm³/mol. The molecule has 3 aliphatic rings. The lowest BCUT2D eigenvalue weighted by molar-refractivity contribution is -0.143. The summed E-state index contributed by atoms with van der Waals surface area (Å²) in [6, 6.07) is 8.96. The van der Waals surface area contributed by atoms with Gasteiger partial charge in [0.1, 0.15) is 5.75 Å². The number of anilines is 1. The zero-order chi connectivity index (χ0) is 28.2. The summed E-state index contributed by atoms with van der Waals surface area (Å²) in [5.41, 5.74) is 2.67. The maximum atomic E-state index is 13.8. The van der Waals surface area contributed by atoms with Crippen molar-refractivity contribution in [3.8, 4) is 5.75 Å². The van der Waals surface area contributed by atoms with E-state index in [4.69, 9.17) is 4.74 Å². The number of carboxylic acids is 1. The Balaban J connectivity index is 1.43. The second-order valence-corrected chi connectivity index (χ2v) is 10.8. The van der Waals surface area contributed by atoms with E-state index >= 15 is 0 Å². The molecular weight excluding hydrogens is 512 g/mol. The topological polar surface area (TPSA) is 120 Å². The van der Waals surface area contributed by atoms with Crippen LogP contribution in [0.4, 0.5) is 5.69 Å². The maximum Gasteiger partial charge on any atom is 0.308 e. The van der Waals surface area contributed by atoms with Crippen molar-refractivity contribution in [1.82, 2.24) is 14.8 Å². The second-order valence-electron chi connectivity index (χ2n) is 10.8. The first kappa shape index (κ1) is 27.8. The number of imide groups is 1. The number of hydrogen-bond acceptors (Lipinski definition) is 7. The number of fused-ring (bicyclic) bond motifs is 1. The van der Waals surface area contributed by atoms with Crippen LogP contribution in [0.5, 0.6) is 5.75 Å². The average Bonchev–Trinajstić information content (AvgIpc) is 3.65. The molecule has 3 atom stereocenters. The summed E-state index contributed by atoms with van der Waals surface area (Å²) in [4.78, 5) is 60.2. The number of benzene rings is 1. The zero-order valence-corrected chi connectivity index (χ0v) is 22.8. The number of likely N-dealkylation sites (tertiary alicyclic amines) is 2. The number of aromatic nitrogens is 1. The van der Waals surface area contributed by atoms with Crippen LogP contribution in [0.3, 0.4) is 0 Å². The quantitative estimate of drug-likeness (QED) is 0.426. The Labute approximate surface area is 233 Å². The predicted octanol–water partition coefficient (Wildman–Crippen LogP) is 2.86. The monoisotopic (exact) mass is 548 g/mol. The highest BCUT2D eigenvalue weighted by Crippen LogP contribution is 2.41. The summed E-state index contributed by atoms with van der Waals surface area (Å²) in [7, 11) is 0. The van der Waals surface area contributed by atoms with Gasteiger partial charge in [-0.1, -0.05) is 25.5 Å². The van der Waals surface area contributed by atoms with E-state index in [-0.39, 0.29) is 56.0 Å². The number of hydrogen-bond donors (Lipinski definition) is 1. The fourth-order valence-electron chi connectivity index (χ4n) is 6.25. The fourth-order valence-corrected chi connectivity index (χ4v) is 6.25. The smallest absolute Gasteiger partial charge is 0.308 e. The lowest BCUT2D eigenvalue weighted by Crippen LogP contribution is -2.46. The molecule has 40 heavy (non-hydrogen) atoms. The highest BCUT2D eigenvalue weighted by atomic mass is 16.5. The number of rotatable bonds is 11. The number of carboxylic acid groups (broad SMARTS) is 1. The molecule has 2 saturated heterocycles.